The summed E-state index contributed by atoms with van der Waals surface area (Å²) in [6, 6.07) is 5.14. The number of hydrogen-bond donors (Lipinski definition) is 2. The molecule has 0 amide bonds. The number of rotatable bonds is 6. The van der Waals surface area contributed by atoms with Gasteiger partial charge in [-0.3, -0.25) is 10.3 Å². The van der Waals surface area contributed by atoms with Gasteiger partial charge in [-0.2, -0.15) is 0 Å². The third kappa shape index (κ3) is 3.25. The first kappa shape index (κ1) is 13.6. The molecule has 2 atom stereocenters. The molecule has 0 aliphatic carbocycles. The minimum Gasteiger partial charge on any atom is -0.480 e. The maximum Gasteiger partial charge on any atom is 0.329 e. The van der Waals surface area contributed by atoms with E-state index < -0.39 is 11.5 Å². The predicted molar refractivity (Wildman–Crippen MR) is 63.7 cm³/mol. The number of aromatic nitrogens is 1. The average Bonchev–Trinajstić information content (AvgIpc) is 2.30. The number of carbonyl (C=O) groups is 1. The maximum atomic E-state index is 11.4. The molecule has 0 aliphatic rings. The van der Waals surface area contributed by atoms with Gasteiger partial charge in [0.15, 0.2) is 5.54 Å². The van der Waals surface area contributed by atoms with Crippen molar-refractivity contribution < 1.29 is 14.6 Å². The van der Waals surface area contributed by atoms with Gasteiger partial charge in [-0.05, 0) is 26.0 Å². The molecule has 0 saturated carbocycles. The highest BCUT2D eigenvalue weighted by Crippen LogP contribution is 2.19. The maximum absolute atomic E-state index is 11.4. The topological polar surface area (TPSA) is 71.5 Å². The number of carboxylic acid groups (broad SMARTS) is 1. The minimum atomic E-state index is -1.21. The summed E-state index contributed by atoms with van der Waals surface area (Å²) < 4.78 is 4.99. The third-order valence-corrected chi connectivity index (χ3v) is 2.56. The van der Waals surface area contributed by atoms with Crippen LogP contribution >= 0.6 is 0 Å². The van der Waals surface area contributed by atoms with Crippen LogP contribution in [0.3, 0.4) is 0 Å². The van der Waals surface area contributed by atoms with Crippen molar-refractivity contribution in [3.8, 4) is 0 Å². The molecule has 5 nitrogen and oxygen atoms in total. The number of ether oxygens (including phenoxy) is 1. The van der Waals surface area contributed by atoms with Crippen molar-refractivity contribution in [1.82, 2.24) is 10.3 Å². The monoisotopic (exact) mass is 238 g/mol. The van der Waals surface area contributed by atoms with Crippen LogP contribution in [0.25, 0.3) is 0 Å². The van der Waals surface area contributed by atoms with Gasteiger partial charge in [0.25, 0.3) is 0 Å². The summed E-state index contributed by atoms with van der Waals surface area (Å²) in [4.78, 5) is 15.5. The van der Waals surface area contributed by atoms with Crippen LogP contribution in [-0.2, 0) is 15.1 Å². The molecule has 0 bridgehead atoms. The summed E-state index contributed by atoms with van der Waals surface area (Å²) in [5.41, 5.74) is -0.727. The molecule has 1 heterocycles. The predicted octanol–water partition coefficient (Wildman–Crippen LogP) is 1.01. The van der Waals surface area contributed by atoms with Gasteiger partial charge in [-0.15, -0.1) is 0 Å². The summed E-state index contributed by atoms with van der Waals surface area (Å²) >= 11 is 0. The van der Waals surface area contributed by atoms with Gasteiger partial charge in [0.05, 0.1) is 12.3 Å². The molecule has 0 aliphatic heterocycles. The first-order valence-corrected chi connectivity index (χ1v) is 5.42. The van der Waals surface area contributed by atoms with Crippen molar-refractivity contribution >= 4 is 5.97 Å². The molecular weight excluding hydrogens is 220 g/mol. The van der Waals surface area contributed by atoms with Crippen LogP contribution < -0.4 is 5.32 Å². The number of methoxy groups -OCH3 is 1. The number of aliphatic carboxylic acids is 1. The summed E-state index contributed by atoms with van der Waals surface area (Å²) in [5, 5.41) is 12.4. The van der Waals surface area contributed by atoms with Crippen LogP contribution in [0, 0.1) is 0 Å². The second-order valence-corrected chi connectivity index (χ2v) is 4.15. The number of pyridine rings is 1. The Morgan fingerprint density at radius 1 is 1.65 bits per heavy atom. The Kier molecular flexibility index (Phi) is 4.60. The van der Waals surface area contributed by atoms with E-state index in [1.807, 2.05) is 6.92 Å². The highest BCUT2D eigenvalue weighted by Gasteiger charge is 2.37. The van der Waals surface area contributed by atoms with Gasteiger partial charge in [-0.1, -0.05) is 6.07 Å². The second-order valence-electron chi connectivity index (χ2n) is 4.15. The number of hydrogen-bond acceptors (Lipinski definition) is 4. The quantitative estimate of drug-likeness (QED) is 0.773. The fourth-order valence-corrected chi connectivity index (χ4v) is 1.69. The zero-order valence-electron chi connectivity index (χ0n) is 10.3. The molecule has 17 heavy (non-hydrogen) atoms. The van der Waals surface area contributed by atoms with E-state index in [4.69, 9.17) is 4.74 Å². The molecule has 94 valence electrons. The van der Waals surface area contributed by atoms with E-state index in [9.17, 15) is 9.90 Å². The molecular formula is C12H18N2O3. The number of nitrogens with zero attached hydrogens (tertiary/aromatic N) is 1. The molecule has 1 rings (SSSR count). The molecule has 0 fully saturated rings. The molecule has 0 saturated heterocycles. The molecule has 1 aromatic rings. The first-order chi connectivity index (χ1) is 8.00. The summed E-state index contributed by atoms with van der Waals surface area (Å²) in [6.45, 7) is 3.91. The first-order valence-electron chi connectivity index (χ1n) is 5.42. The van der Waals surface area contributed by atoms with Gasteiger partial charge >= 0.3 is 5.97 Å². The van der Waals surface area contributed by atoms with Crippen LogP contribution in [0.5, 0.6) is 0 Å². The lowest BCUT2D eigenvalue weighted by atomic mass is 9.96. The van der Waals surface area contributed by atoms with Crippen molar-refractivity contribution in [1.29, 1.82) is 0 Å². The molecule has 0 radical (unpaired) electrons. The fourth-order valence-electron chi connectivity index (χ4n) is 1.69. The van der Waals surface area contributed by atoms with Gasteiger partial charge < -0.3 is 9.84 Å². The Morgan fingerprint density at radius 3 is 2.82 bits per heavy atom. The molecule has 2 N–H and O–H groups in total. The van der Waals surface area contributed by atoms with Gasteiger partial charge in [0.1, 0.15) is 0 Å². The van der Waals surface area contributed by atoms with Crippen molar-refractivity contribution in [2.75, 3.05) is 13.7 Å². The Balaban J connectivity index is 2.94. The second kappa shape index (κ2) is 5.75. The smallest absolute Gasteiger partial charge is 0.329 e. The zero-order chi connectivity index (χ0) is 12.9. The number of carboxylic acids is 1. The van der Waals surface area contributed by atoms with Crippen molar-refractivity contribution in [3.05, 3.63) is 30.1 Å². The molecule has 5 heteroatoms. The van der Waals surface area contributed by atoms with Crippen molar-refractivity contribution in [2.45, 2.75) is 25.4 Å². The average molecular weight is 238 g/mol. The van der Waals surface area contributed by atoms with Crippen LogP contribution in [0.4, 0.5) is 0 Å². The van der Waals surface area contributed by atoms with E-state index in [1.54, 1.807) is 38.4 Å². The van der Waals surface area contributed by atoms with E-state index >= 15 is 0 Å². The normalized spacial score (nSPS) is 16.2. The van der Waals surface area contributed by atoms with E-state index in [0.717, 1.165) is 0 Å². The lowest BCUT2D eigenvalue weighted by Gasteiger charge is -2.29. The molecule has 0 spiro atoms. The Labute approximate surface area is 101 Å². The highest BCUT2D eigenvalue weighted by atomic mass is 16.5. The summed E-state index contributed by atoms with van der Waals surface area (Å²) in [7, 11) is 1.58. The SMILES string of the molecule is COCC(C)NC(C)(C(=O)O)c1ccccn1. The fraction of sp³-hybridized carbons (Fsp3) is 0.500. The van der Waals surface area contributed by atoms with E-state index in [1.165, 1.54) is 0 Å². The van der Waals surface area contributed by atoms with Gasteiger partial charge in [0.2, 0.25) is 0 Å². The Morgan fingerprint density at radius 2 is 2.35 bits per heavy atom. The minimum absolute atomic E-state index is 0.0805. The van der Waals surface area contributed by atoms with Gasteiger partial charge in [-0.25, -0.2) is 4.79 Å². The lowest BCUT2D eigenvalue weighted by Crippen LogP contribution is -2.52. The van der Waals surface area contributed by atoms with Crippen LogP contribution in [0.2, 0.25) is 0 Å². The Hall–Kier alpha value is -1.46. The molecule has 2 unspecified atom stereocenters. The zero-order valence-corrected chi connectivity index (χ0v) is 10.3. The Bertz CT molecular complexity index is 369. The summed E-state index contributed by atoms with van der Waals surface area (Å²) in [6.07, 6.45) is 1.58. The van der Waals surface area contributed by atoms with E-state index in [-0.39, 0.29) is 6.04 Å². The van der Waals surface area contributed by atoms with E-state index in [2.05, 4.69) is 10.3 Å². The molecule has 0 aromatic carbocycles. The van der Waals surface area contributed by atoms with Crippen LogP contribution in [0.1, 0.15) is 19.5 Å². The third-order valence-electron chi connectivity index (χ3n) is 2.56. The van der Waals surface area contributed by atoms with E-state index in [0.29, 0.717) is 12.3 Å². The standard InChI is InChI=1S/C12H18N2O3/c1-9(8-17-3)14-12(2,11(15)16)10-6-4-5-7-13-10/h4-7,9,14H,8H2,1-3H3,(H,15,16). The van der Waals surface area contributed by atoms with Crippen molar-refractivity contribution in [2.24, 2.45) is 0 Å². The summed E-state index contributed by atoms with van der Waals surface area (Å²) in [5.74, 6) is -0.959. The van der Waals surface area contributed by atoms with Crippen LogP contribution in [-0.4, -0.2) is 35.8 Å². The largest absolute Gasteiger partial charge is 0.480 e. The van der Waals surface area contributed by atoms with Crippen molar-refractivity contribution in [3.63, 3.8) is 0 Å². The van der Waals surface area contributed by atoms with Gasteiger partial charge in [0, 0.05) is 19.3 Å². The number of nitrogens with one attached hydrogen (secondary N) is 1. The highest BCUT2D eigenvalue weighted by molar-refractivity contribution is 5.79. The van der Waals surface area contributed by atoms with Crippen LogP contribution in [0.15, 0.2) is 24.4 Å². The lowest BCUT2D eigenvalue weighted by molar-refractivity contribution is -0.145. The molecule has 1 aromatic heterocycles.